The fourth-order valence-electron chi connectivity index (χ4n) is 2.25. The third-order valence-corrected chi connectivity index (χ3v) is 3.24. The Labute approximate surface area is 106 Å². The number of benzene rings is 1. The quantitative estimate of drug-likeness (QED) is 0.864. The molecule has 0 aliphatic carbocycles. The number of halogens is 3. The summed E-state index contributed by atoms with van der Waals surface area (Å²) < 4.78 is 43.3. The molecule has 6 heteroatoms. The minimum Gasteiger partial charge on any atom is -0.461 e. The van der Waals surface area contributed by atoms with Gasteiger partial charge in [-0.3, -0.25) is 4.79 Å². The van der Waals surface area contributed by atoms with E-state index in [-0.39, 0.29) is 11.8 Å². The maximum absolute atomic E-state index is 12.6. The van der Waals surface area contributed by atoms with Crippen LogP contribution in [0.3, 0.4) is 0 Å². The van der Waals surface area contributed by atoms with Crippen molar-refractivity contribution in [1.29, 1.82) is 0 Å². The molecule has 1 amide bonds. The predicted molar refractivity (Wildman–Crippen MR) is 61.6 cm³/mol. The molecule has 19 heavy (non-hydrogen) atoms. The van der Waals surface area contributed by atoms with Crippen molar-refractivity contribution in [2.45, 2.75) is 18.5 Å². The summed E-state index contributed by atoms with van der Waals surface area (Å²) in [6, 6.07) is 4.95. The lowest BCUT2D eigenvalue weighted by molar-refractivity contribution is -0.137. The Morgan fingerprint density at radius 3 is 2.68 bits per heavy atom. The Morgan fingerprint density at radius 2 is 2.05 bits per heavy atom. The van der Waals surface area contributed by atoms with Gasteiger partial charge in [0.15, 0.2) is 0 Å². The Bertz CT molecular complexity index is 645. The van der Waals surface area contributed by atoms with Gasteiger partial charge in [-0.2, -0.15) is 13.2 Å². The van der Waals surface area contributed by atoms with Gasteiger partial charge in [0.25, 0.3) is 0 Å². The average molecular weight is 269 g/mol. The molecule has 3 nitrogen and oxygen atoms in total. The topological polar surface area (TPSA) is 42.2 Å². The van der Waals surface area contributed by atoms with E-state index in [0.29, 0.717) is 29.7 Å². The number of amides is 1. The molecule has 3 rings (SSSR count). The van der Waals surface area contributed by atoms with Crippen molar-refractivity contribution in [2.24, 2.45) is 0 Å². The number of rotatable bonds is 1. The van der Waals surface area contributed by atoms with Crippen LogP contribution in [0.25, 0.3) is 11.0 Å². The normalized spacial score (nSPS) is 19.9. The smallest absolute Gasteiger partial charge is 0.416 e. The van der Waals surface area contributed by atoms with Gasteiger partial charge in [0.05, 0.1) is 5.56 Å². The second kappa shape index (κ2) is 4.01. The van der Waals surface area contributed by atoms with Crippen molar-refractivity contribution in [3.8, 4) is 0 Å². The van der Waals surface area contributed by atoms with E-state index >= 15 is 0 Å². The first kappa shape index (κ1) is 12.1. The van der Waals surface area contributed by atoms with Crippen LogP contribution in [0.1, 0.15) is 23.7 Å². The van der Waals surface area contributed by atoms with Gasteiger partial charge in [-0.25, -0.2) is 0 Å². The number of carbonyl (C=O) groups excluding carboxylic acids is 1. The number of furan rings is 1. The van der Waals surface area contributed by atoms with Crippen LogP contribution in [0.15, 0.2) is 28.7 Å². The Hall–Kier alpha value is -1.98. The molecule has 0 radical (unpaired) electrons. The van der Waals surface area contributed by atoms with Gasteiger partial charge < -0.3 is 9.73 Å². The molecule has 1 N–H and O–H groups in total. The lowest BCUT2D eigenvalue weighted by Crippen LogP contribution is -2.13. The Balaban J connectivity index is 1.99. The third-order valence-electron chi connectivity index (χ3n) is 3.24. The summed E-state index contributed by atoms with van der Waals surface area (Å²) in [5.41, 5.74) is -0.296. The van der Waals surface area contributed by atoms with Gasteiger partial charge in [-0.15, -0.1) is 0 Å². The Morgan fingerprint density at radius 1 is 1.26 bits per heavy atom. The summed E-state index contributed by atoms with van der Waals surface area (Å²) in [4.78, 5) is 11.1. The summed E-state index contributed by atoms with van der Waals surface area (Å²) in [6.45, 7) is 0.463. The molecule has 1 aromatic heterocycles. The lowest BCUT2D eigenvalue weighted by atomic mass is 10.1. The zero-order valence-electron chi connectivity index (χ0n) is 9.75. The van der Waals surface area contributed by atoms with E-state index in [1.807, 2.05) is 0 Å². The van der Waals surface area contributed by atoms with Crippen LogP contribution in [0.5, 0.6) is 0 Å². The summed E-state index contributed by atoms with van der Waals surface area (Å²) in [6.07, 6.45) is -4.05. The number of fused-ring (bicyclic) bond motifs is 1. The van der Waals surface area contributed by atoms with E-state index < -0.39 is 11.7 Å². The minimum atomic E-state index is -4.36. The number of hydrogen-bond donors (Lipinski definition) is 1. The van der Waals surface area contributed by atoms with Crippen molar-refractivity contribution in [2.75, 3.05) is 6.54 Å². The van der Waals surface area contributed by atoms with E-state index in [0.717, 1.165) is 12.1 Å². The Kier molecular flexibility index (Phi) is 2.55. The fraction of sp³-hybridized carbons (Fsp3) is 0.308. The summed E-state index contributed by atoms with van der Waals surface area (Å²) >= 11 is 0. The van der Waals surface area contributed by atoms with Gasteiger partial charge in [-0.05, 0) is 24.3 Å². The van der Waals surface area contributed by atoms with Gasteiger partial charge in [-0.1, -0.05) is 0 Å². The lowest BCUT2D eigenvalue weighted by Gasteiger charge is -2.05. The molecular weight excluding hydrogens is 259 g/mol. The highest BCUT2D eigenvalue weighted by Gasteiger charge is 2.31. The second-order valence-electron chi connectivity index (χ2n) is 4.60. The molecule has 1 atom stereocenters. The zero-order chi connectivity index (χ0) is 13.6. The monoisotopic (exact) mass is 269 g/mol. The summed E-state index contributed by atoms with van der Waals surface area (Å²) in [7, 11) is 0. The number of hydrogen-bond acceptors (Lipinski definition) is 2. The van der Waals surface area contributed by atoms with Crippen LogP contribution < -0.4 is 5.32 Å². The molecular formula is C13H10F3NO2. The van der Waals surface area contributed by atoms with Crippen molar-refractivity contribution in [3.05, 3.63) is 35.6 Å². The van der Waals surface area contributed by atoms with Crippen LogP contribution in [0.4, 0.5) is 13.2 Å². The molecule has 2 heterocycles. The summed E-state index contributed by atoms with van der Waals surface area (Å²) in [5, 5.41) is 3.08. The molecule has 1 saturated heterocycles. The molecule has 100 valence electrons. The number of nitrogens with one attached hydrogen (secondary N) is 1. The highest BCUT2D eigenvalue weighted by Crippen LogP contribution is 2.34. The maximum Gasteiger partial charge on any atom is 0.416 e. The first-order valence-electron chi connectivity index (χ1n) is 5.81. The predicted octanol–water partition coefficient (Wildman–Crippen LogP) is 3.06. The number of carbonyl (C=O) groups is 1. The van der Waals surface area contributed by atoms with E-state index in [9.17, 15) is 18.0 Å². The second-order valence-corrected chi connectivity index (χ2v) is 4.60. The van der Waals surface area contributed by atoms with Gasteiger partial charge in [0, 0.05) is 24.3 Å². The van der Waals surface area contributed by atoms with Gasteiger partial charge >= 0.3 is 6.18 Å². The van der Waals surface area contributed by atoms with Crippen molar-refractivity contribution in [1.82, 2.24) is 5.32 Å². The standard InChI is InChI=1S/C13H10F3NO2/c14-13(15,16)9-1-2-10-7(3-9)4-11(19-10)8-5-12(18)17-6-8/h1-4,8H,5-6H2,(H,17,18). The summed E-state index contributed by atoms with van der Waals surface area (Å²) in [5.74, 6) is 0.378. The van der Waals surface area contributed by atoms with Crippen molar-refractivity contribution in [3.63, 3.8) is 0 Å². The molecule has 1 fully saturated rings. The molecule has 0 spiro atoms. The average Bonchev–Trinajstić information content (AvgIpc) is 2.92. The van der Waals surface area contributed by atoms with Crippen molar-refractivity contribution < 1.29 is 22.4 Å². The maximum atomic E-state index is 12.6. The van der Waals surface area contributed by atoms with E-state index in [1.54, 1.807) is 6.07 Å². The van der Waals surface area contributed by atoms with Crippen LogP contribution in [-0.2, 0) is 11.0 Å². The van der Waals surface area contributed by atoms with E-state index in [4.69, 9.17) is 4.42 Å². The van der Waals surface area contributed by atoms with Crippen LogP contribution in [0, 0.1) is 0 Å². The molecule has 1 aromatic carbocycles. The van der Waals surface area contributed by atoms with E-state index in [2.05, 4.69) is 5.32 Å². The van der Waals surface area contributed by atoms with Crippen LogP contribution >= 0.6 is 0 Å². The molecule has 0 saturated carbocycles. The highest BCUT2D eigenvalue weighted by atomic mass is 19.4. The zero-order valence-corrected chi connectivity index (χ0v) is 9.75. The largest absolute Gasteiger partial charge is 0.461 e. The fourth-order valence-corrected chi connectivity index (χ4v) is 2.25. The van der Waals surface area contributed by atoms with Crippen LogP contribution in [0.2, 0.25) is 0 Å². The third kappa shape index (κ3) is 2.18. The minimum absolute atomic E-state index is 0.0681. The molecule has 1 aliphatic heterocycles. The first-order valence-corrected chi connectivity index (χ1v) is 5.81. The van der Waals surface area contributed by atoms with Gasteiger partial charge in [0.1, 0.15) is 11.3 Å². The number of alkyl halides is 3. The molecule has 1 aliphatic rings. The SMILES string of the molecule is O=C1CC(c2cc3cc(C(F)(F)F)ccc3o2)CN1. The van der Waals surface area contributed by atoms with Crippen molar-refractivity contribution >= 4 is 16.9 Å². The van der Waals surface area contributed by atoms with Gasteiger partial charge in [0.2, 0.25) is 5.91 Å². The molecule has 0 bridgehead atoms. The molecule has 1 unspecified atom stereocenters. The van der Waals surface area contributed by atoms with E-state index in [1.165, 1.54) is 6.07 Å². The first-order chi connectivity index (χ1) is 8.93. The highest BCUT2D eigenvalue weighted by molar-refractivity contribution is 5.81. The molecule has 2 aromatic rings. The van der Waals surface area contributed by atoms with Crippen LogP contribution in [-0.4, -0.2) is 12.5 Å².